The number of benzene rings is 1. The van der Waals surface area contributed by atoms with E-state index in [4.69, 9.17) is 4.74 Å². The number of amides is 1. The third kappa shape index (κ3) is 3.52. The van der Waals surface area contributed by atoms with Gasteiger partial charge < -0.3 is 9.64 Å². The highest BCUT2D eigenvalue weighted by molar-refractivity contribution is 5.96. The summed E-state index contributed by atoms with van der Waals surface area (Å²) in [4.78, 5) is 38.9. The molecule has 3 rings (SSSR count). The van der Waals surface area contributed by atoms with Crippen LogP contribution in [-0.4, -0.2) is 41.5 Å². The third-order valence-electron chi connectivity index (χ3n) is 5.03. The van der Waals surface area contributed by atoms with E-state index in [0.29, 0.717) is 11.5 Å². The second-order valence-corrected chi connectivity index (χ2v) is 7.23. The molecule has 1 aliphatic heterocycles. The van der Waals surface area contributed by atoms with Gasteiger partial charge in [-0.1, -0.05) is 26.0 Å². The van der Waals surface area contributed by atoms with Crippen molar-refractivity contribution in [2.45, 2.75) is 26.7 Å². The Morgan fingerprint density at radius 3 is 2.52 bits per heavy atom. The van der Waals surface area contributed by atoms with Gasteiger partial charge in [0.1, 0.15) is 5.56 Å². The fourth-order valence-corrected chi connectivity index (χ4v) is 3.24. The van der Waals surface area contributed by atoms with Gasteiger partial charge in [-0.05, 0) is 42.2 Å². The van der Waals surface area contributed by atoms with E-state index in [1.54, 1.807) is 19.2 Å². The minimum Gasteiger partial charge on any atom is -0.469 e. The van der Waals surface area contributed by atoms with Gasteiger partial charge in [0.2, 0.25) is 0 Å². The summed E-state index contributed by atoms with van der Waals surface area (Å²) < 4.78 is 6.20. The monoisotopic (exact) mass is 368 g/mol. The molecule has 6 heteroatoms. The van der Waals surface area contributed by atoms with Crippen LogP contribution in [0.1, 0.15) is 41.3 Å². The van der Waals surface area contributed by atoms with Gasteiger partial charge in [-0.15, -0.1) is 0 Å². The molecule has 0 unspecified atom stereocenters. The van der Waals surface area contributed by atoms with Crippen LogP contribution in [-0.2, 0) is 9.53 Å². The van der Waals surface area contributed by atoms with Crippen LogP contribution in [0.25, 0.3) is 5.69 Å². The zero-order valence-electron chi connectivity index (χ0n) is 16.1. The molecule has 2 heterocycles. The minimum atomic E-state index is -0.345. The molecule has 0 bridgehead atoms. The van der Waals surface area contributed by atoms with E-state index >= 15 is 0 Å². The smallest absolute Gasteiger partial charge is 0.312 e. The van der Waals surface area contributed by atoms with Crippen molar-refractivity contribution in [2.75, 3.05) is 20.2 Å². The largest absolute Gasteiger partial charge is 0.469 e. The fraction of sp³-hybridized carbons (Fsp3) is 0.381. The van der Waals surface area contributed by atoms with Gasteiger partial charge in [-0.3, -0.25) is 19.0 Å². The van der Waals surface area contributed by atoms with Crippen LogP contribution >= 0.6 is 0 Å². The van der Waals surface area contributed by atoms with E-state index in [1.165, 1.54) is 16.6 Å². The normalized spacial score (nSPS) is 14.2. The molecule has 1 saturated heterocycles. The van der Waals surface area contributed by atoms with E-state index in [-0.39, 0.29) is 42.0 Å². The maximum absolute atomic E-state index is 13.1. The highest BCUT2D eigenvalue weighted by Crippen LogP contribution is 2.21. The molecule has 27 heavy (non-hydrogen) atoms. The quantitative estimate of drug-likeness (QED) is 0.778. The molecule has 142 valence electrons. The Morgan fingerprint density at radius 2 is 1.89 bits per heavy atom. The second-order valence-electron chi connectivity index (χ2n) is 7.23. The van der Waals surface area contributed by atoms with Crippen molar-refractivity contribution in [2.24, 2.45) is 5.92 Å². The van der Waals surface area contributed by atoms with Gasteiger partial charge in [0.05, 0.1) is 13.0 Å². The van der Waals surface area contributed by atoms with Crippen LogP contribution in [0.2, 0.25) is 0 Å². The lowest BCUT2D eigenvalue weighted by Crippen LogP contribution is -2.54. The Kier molecular flexibility index (Phi) is 5.17. The molecule has 1 amide bonds. The van der Waals surface area contributed by atoms with Gasteiger partial charge in [0, 0.05) is 25.0 Å². The number of aryl methyl sites for hydroxylation is 1. The Hall–Kier alpha value is -2.89. The van der Waals surface area contributed by atoms with Crippen molar-refractivity contribution in [3.8, 4) is 5.69 Å². The van der Waals surface area contributed by atoms with Gasteiger partial charge in [-0.2, -0.15) is 0 Å². The van der Waals surface area contributed by atoms with E-state index in [1.807, 2.05) is 24.3 Å². The predicted octanol–water partition coefficient (Wildman–Crippen LogP) is 2.51. The summed E-state index contributed by atoms with van der Waals surface area (Å²) in [6.07, 6.45) is 1.70. The number of nitrogens with zero attached hydrogens (tertiary/aromatic N) is 2. The van der Waals surface area contributed by atoms with E-state index < -0.39 is 0 Å². The van der Waals surface area contributed by atoms with E-state index in [9.17, 15) is 14.4 Å². The van der Waals surface area contributed by atoms with Crippen molar-refractivity contribution in [1.29, 1.82) is 0 Å². The summed E-state index contributed by atoms with van der Waals surface area (Å²) in [5.74, 6) is -0.643. The topological polar surface area (TPSA) is 68.6 Å². The molecule has 1 aromatic carbocycles. The van der Waals surface area contributed by atoms with Crippen molar-refractivity contribution < 1.29 is 14.3 Å². The highest BCUT2D eigenvalue weighted by atomic mass is 16.5. The lowest BCUT2D eigenvalue weighted by molar-refractivity contribution is -0.149. The first kappa shape index (κ1) is 18.9. The van der Waals surface area contributed by atoms with E-state index in [2.05, 4.69) is 13.8 Å². The lowest BCUT2D eigenvalue weighted by Gasteiger charge is -2.37. The Labute approximate surface area is 158 Å². The van der Waals surface area contributed by atoms with Crippen LogP contribution in [0.5, 0.6) is 0 Å². The zero-order valence-corrected chi connectivity index (χ0v) is 16.1. The Bertz CT molecular complexity index is 939. The summed E-state index contributed by atoms with van der Waals surface area (Å²) >= 11 is 0. The Morgan fingerprint density at radius 1 is 1.19 bits per heavy atom. The number of hydrogen-bond acceptors (Lipinski definition) is 4. The summed E-state index contributed by atoms with van der Waals surface area (Å²) in [7, 11) is 1.33. The molecule has 0 atom stereocenters. The summed E-state index contributed by atoms with van der Waals surface area (Å²) in [5.41, 5.74) is 2.29. The van der Waals surface area contributed by atoms with Crippen molar-refractivity contribution in [3.63, 3.8) is 0 Å². The predicted molar refractivity (Wildman–Crippen MR) is 102 cm³/mol. The molecule has 0 radical (unpaired) electrons. The molecular weight excluding hydrogens is 344 g/mol. The van der Waals surface area contributed by atoms with Crippen molar-refractivity contribution >= 4 is 11.9 Å². The van der Waals surface area contributed by atoms with Crippen LogP contribution in [0.15, 0.2) is 41.3 Å². The number of hydrogen-bond donors (Lipinski definition) is 0. The van der Waals surface area contributed by atoms with Crippen LogP contribution < -0.4 is 5.56 Å². The summed E-state index contributed by atoms with van der Waals surface area (Å²) in [5, 5.41) is 0. The van der Waals surface area contributed by atoms with Crippen LogP contribution in [0.4, 0.5) is 0 Å². The van der Waals surface area contributed by atoms with E-state index in [0.717, 1.165) is 11.3 Å². The number of pyridine rings is 1. The number of aromatic nitrogens is 1. The number of carbonyl (C=O) groups is 2. The van der Waals surface area contributed by atoms with Gasteiger partial charge >= 0.3 is 5.97 Å². The zero-order chi connectivity index (χ0) is 19.7. The Balaban J connectivity index is 1.93. The molecule has 0 N–H and O–H groups in total. The summed E-state index contributed by atoms with van der Waals surface area (Å²) in [6.45, 7) is 6.49. The molecule has 1 fully saturated rings. The first-order valence-electron chi connectivity index (χ1n) is 9.03. The fourth-order valence-electron chi connectivity index (χ4n) is 3.24. The highest BCUT2D eigenvalue weighted by Gasteiger charge is 2.38. The number of ether oxygens (including phenoxy) is 1. The average molecular weight is 368 g/mol. The van der Waals surface area contributed by atoms with Gasteiger partial charge in [0.25, 0.3) is 11.5 Å². The second kappa shape index (κ2) is 7.39. The lowest BCUT2D eigenvalue weighted by atomic mass is 9.98. The average Bonchev–Trinajstić information content (AvgIpc) is 2.60. The number of methoxy groups -OCH3 is 1. The van der Waals surface area contributed by atoms with Crippen molar-refractivity contribution in [3.05, 3.63) is 63.6 Å². The molecule has 1 aliphatic rings. The number of carbonyl (C=O) groups excluding carboxylic acids is 2. The maximum atomic E-state index is 13.1. The minimum absolute atomic E-state index is 0.149. The SMILES string of the molecule is COC(=O)C1CN(C(=O)c2c(C)ccn(-c3cccc(C(C)C)c3)c2=O)C1. The molecule has 1 aromatic heterocycles. The molecular formula is C21H24N2O4. The molecule has 0 spiro atoms. The summed E-state index contributed by atoms with van der Waals surface area (Å²) in [6, 6.07) is 9.52. The van der Waals surface area contributed by atoms with Crippen LogP contribution in [0.3, 0.4) is 0 Å². The van der Waals surface area contributed by atoms with Crippen LogP contribution in [0, 0.1) is 12.8 Å². The molecule has 6 nitrogen and oxygen atoms in total. The van der Waals surface area contributed by atoms with Gasteiger partial charge in [0.15, 0.2) is 0 Å². The number of esters is 1. The maximum Gasteiger partial charge on any atom is 0.312 e. The first-order valence-corrected chi connectivity index (χ1v) is 9.03. The standard InChI is InChI=1S/C21H24N2O4/c1-13(2)15-6-5-7-17(10-15)23-9-8-14(3)18(20(23)25)19(24)22-11-16(12-22)21(26)27-4/h5-10,13,16H,11-12H2,1-4H3. The first-order chi connectivity index (χ1) is 12.8. The van der Waals surface area contributed by atoms with Gasteiger partial charge in [-0.25, -0.2) is 0 Å². The molecule has 0 aliphatic carbocycles. The van der Waals surface area contributed by atoms with Crippen molar-refractivity contribution in [1.82, 2.24) is 9.47 Å². The third-order valence-corrected chi connectivity index (χ3v) is 5.03. The number of rotatable bonds is 4. The molecule has 0 saturated carbocycles. The number of likely N-dealkylation sites (tertiary alicyclic amines) is 1. The molecule has 2 aromatic rings.